The number of aliphatic hydroxyl groups excluding tert-OH is 1. The Morgan fingerprint density at radius 3 is 2.69 bits per heavy atom. The second-order valence-corrected chi connectivity index (χ2v) is 4.03. The topological polar surface area (TPSA) is 23.5 Å². The molecule has 0 spiro atoms. The molecular formula is C9H17F2NO. The highest BCUT2D eigenvalue weighted by molar-refractivity contribution is 4.84. The fraction of sp³-hybridized carbons (Fsp3) is 1.00. The summed E-state index contributed by atoms with van der Waals surface area (Å²) >= 11 is 0. The van der Waals surface area contributed by atoms with E-state index in [0.717, 1.165) is 0 Å². The van der Waals surface area contributed by atoms with Crippen LogP contribution in [0.25, 0.3) is 0 Å². The van der Waals surface area contributed by atoms with E-state index in [2.05, 4.69) is 0 Å². The molecule has 0 saturated carbocycles. The van der Waals surface area contributed by atoms with Crippen molar-refractivity contribution in [1.29, 1.82) is 0 Å². The van der Waals surface area contributed by atoms with E-state index in [4.69, 9.17) is 5.11 Å². The molecule has 0 aromatic heterocycles. The summed E-state index contributed by atoms with van der Waals surface area (Å²) in [6.07, 6.45) is -0.0103. The third-order valence-corrected chi connectivity index (χ3v) is 2.56. The van der Waals surface area contributed by atoms with Crippen LogP contribution in [0.5, 0.6) is 0 Å². The second kappa shape index (κ2) is 3.88. The van der Waals surface area contributed by atoms with Gasteiger partial charge in [-0.1, -0.05) is 6.92 Å². The minimum Gasteiger partial charge on any atom is -0.392 e. The highest BCUT2D eigenvalue weighted by Gasteiger charge is 2.41. The molecule has 0 bridgehead atoms. The zero-order valence-electron chi connectivity index (χ0n) is 8.13. The van der Waals surface area contributed by atoms with E-state index < -0.39 is 17.9 Å². The number of hydrogen-bond donors (Lipinski definition) is 1. The Labute approximate surface area is 77.5 Å². The van der Waals surface area contributed by atoms with Crippen LogP contribution in [0.4, 0.5) is 8.78 Å². The number of alkyl halides is 2. The van der Waals surface area contributed by atoms with Crippen LogP contribution in [-0.2, 0) is 0 Å². The molecule has 2 nitrogen and oxygen atoms in total. The molecular weight excluding hydrogens is 176 g/mol. The number of piperidine rings is 1. The van der Waals surface area contributed by atoms with Gasteiger partial charge in [-0.3, -0.25) is 4.90 Å². The Morgan fingerprint density at radius 1 is 1.62 bits per heavy atom. The van der Waals surface area contributed by atoms with Crippen LogP contribution in [0.3, 0.4) is 0 Å². The first-order valence-corrected chi connectivity index (χ1v) is 4.70. The van der Waals surface area contributed by atoms with Gasteiger partial charge in [0.15, 0.2) is 0 Å². The average molecular weight is 193 g/mol. The monoisotopic (exact) mass is 193 g/mol. The van der Waals surface area contributed by atoms with Gasteiger partial charge in [-0.15, -0.1) is 0 Å². The molecule has 1 N–H and O–H groups in total. The van der Waals surface area contributed by atoms with Crippen molar-refractivity contribution in [2.45, 2.75) is 32.3 Å². The maximum atomic E-state index is 13.2. The lowest BCUT2D eigenvalue weighted by atomic mass is 9.95. The van der Waals surface area contributed by atoms with Gasteiger partial charge < -0.3 is 5.11 Å². The van der Waals surface area contributed by atoms with Crippen molar-refractivity contribution in [1.82, 2.24) is 4.90 Å². The van der Waals surface area contributed by atoms with Crippen LogP contribution in [0, 0.1) is 5.92 Å². The highest BCUT2D eigenvalue weighted by atomic mass is 19.3. The number of hydrogen-bond acceptors (Lipinski definition) is 2. The maximum Gasteiger partial charge on any atom is 0.263 e. The number of likely N-dealkylation sites (tertiary alicyclic amines) is 1. The second-order valence-electron chi connectivity index (χ2n) is 4.03. The summed E-state index contributed by atoms with van der Waals surface area (Å²) in [4.78, 5) is 1.63. The third-order valence-electron chi connectivity index (χ3n) is 2.56. The molecule has 0 amide bonds. The number of β-amino-alcohol motifs (C(OH)–C–C–N with tert-alkyl or cyclic N) is 1. The van der Waals surface area contributed by atoms with Gasteiger partial charge in [-0.05, 0) is 19.9 Å². The Kier molecular flexibility index (Phi) is 3.24. The van der Waals surface area contributed by atoms with Crippen LogP contribution in [0.2, 0.25) is 0 Å². The van der Waals surface area contributed by atoms with Gasteiger partial charge in [0, 0.05) is 12.5 Å². The standard InChI is InChI=1S/C9H17F2NO/c1-7-3-4-12(5-8(2)13)6-9(7,10)11/h7-8,13H,3-6H2,1-2H3. The summed E-state index contributed by atoms with van der Waals surface area (Å²) in [6, 6.07) is 0. The summed E-state index contributed by atoms with van der Waals surface area (Å²) in [5.41, 5.74) is 0. The number of nitrogens with zero attached hydrogens (tertiary/aromatic N) is 1. The highest BCUT2D eigenvalue weighted by Crippen LogP contribution is 2.32. The Balaban J connectivity index is 2.46. The SMILES string of the molecule is CC(O)CN1CCC(C)C(F)(F)C1. The molecule has 1 heterocycles. The maximum absolute atomic E-state index is 13.2. The zero-order valence-corrected chi connectivity index (χ0v) is 8.13. The lowest BCUT2D eigenvalue weighted by Crippen LogP contribution is -2.49. The van der Waals surface area contributed by atoms with Crippen LogP contribution in [0.15, 0.2) is 0 Å². The van der Waals surface area contributed by atoms with E-state index in [1.807, 2.05) is 0 Å². The molecule has 0 aliphatic carbocycles. The van der Waals surface area contributed by atoms with E-state index >= 15 is 0 Å². The Morgan fingerprint density at radius 2 is 2.23 bits per heavy atom. The predicted octanol–water partition coefficient (Wildman–Crippen LogP) is 1.34. The van der Waals surface area contributed by atoms with Crippen LogP contribution in [0.1, 0.15) is 20.3 Å². The molecule has 2 atom stereocenters. The summed E-state index contributed by atoms with van der Waals surface area (Å²) in [6.45, 7) is 4.01. The van der Waals surface area contributed by atoms with Crippen LogP contribution < -0.4 is 0 Å². The molecule has 13 heavy (non-hydrogen) atoms. The van der Waals surface area contributed by atoms with Gasteiger partial charge >= 0.3 is 0 Å². The molecule has 1 rings (SSSR count). The smallest absolute Gasteiger partial charge is 0.263 e. The molecule has 2 unspecified atom stereocenters. The van der Waals surface area contributed by atoms with Gasteiger partial charge in [0.25, 0.3) is 5.92 Å². The van der Waals surface area contributed by atoms with E-state index in [1.54, 1.807) is 18.7 Å². The van der Waals surface area contributed by atoms with Gasteiger partial charge in [0.05, 0.1) is 12.6 Å². The van der Waals surface area contributed by atoms with Crippen molar-refractivity contribution in [2.75, 3.05) is 19.6 Å². The fourth-order valence-electron chi connectivity index (χ4n) is 1.65. The first-order chi connectivity index (χ1) is 5.92. The molecule has 4 heteroatoms. The molecule has 1 aliphatic heterocycles. The van der Waals surface area contributed by atoms with Crippen LogP contribution >= 0.6 is 0 Å². The molecule has 0 aromatic carbocycles. The summed E-state index contributed by atoms with van der Waals surface area (Å²) in [5, 5.41) is 9.05. The lowest BCUT2D eigenvalue weighted by Gasteiger charge is -2.37. The third kappa shape index (κ3) is 2.88. The molecule has 1 fully saturated rings. The van der Waals surface area contributed by atoms with E-state index in [9.17, 15) is 8.78 Å². The van der Waals surface area contributed by atoms with Gasteiger partial charge in [-0.2, -0.15) is 0 Å². The van der Waals surface area contributed by atoms with E-state index in [0.29, 0.717) is 19.5 Å². The van der Waals surface area contributed by atoms with E-state index in [1.165, 1.54) is 0 Å². The molecule has 78 valence electrons. The summed E-state index contributed by atoms with van der Waals surface area (Å²) in [5.74, 6) is -3.12. The molecule has 1 saturated heterocycles. The molecule has 1 aliphatic rings. The minimum atomic E-state index is -2.59. The minimum absolute atomic E-state index is 0.209. The van der Waals surface area contributed by atoms with Crippen molar-refractivity contribution < 1.29 is 13.9 Å². The summed E-state index contributed by atoms with van der Waals surface area (Å²) < 4.78 is 26.4. The van der Waals surface area contributed by atoms with Crippen molar-refractivity contribution >= 4 is 0 Å². The van der Waals surface area contributed by atoms with E-state index in [-0.39, 0.29) is 6.54 Å². The fourth-order valence-corrected chi connectivity index (χ4v) is 1.65. The quantitative estimate of drug-likeness (QED) is 0.715. The normalized spacial score (nSPS) is 31.6. The Bertz CT molecular complexity index is 173. The molecule has 0 aromatic rings. The largest absolute Gasteiger partial charge is 0.392 e. The Hall–Kier alpha value is -0.220. The van der Waals surface area contributed by atoms with Crippen LogP contribution in [-0.4, -0.2) is 41.7 Å². The number of aliphatic hydroxyl groups is 1. The van der Waals surface area contributed by atoms with Gasteiger partial charge in [-0.25, -0.2) is 8.78 Å². The van der Waals surface area contributed by atoms with Crippen molar-refractivity contribution in [3.8, 4) is 0 Å². The predicted molar refractivity (Wildman–Crippen MR) is 46.8 cm³/mol. The zero-order chi connectivity index (χ0) is 10.1. The van der Waals surface area contributed by atoms with Crippen molar-refractivity contribution in [2.24, 2.45) is 5.92 Å². The van der Waals surface area contributed by atoms with Gasteiger partial charge in [0.2, 0.25) is 0 Å². The average Bonchev–Trinajstić information content (AvgIpc) is 1.95. The lowest BCUT2D eigenvalue weighted by molar-refractivity contribution is -0.109. The molecule has 0 radical (unpaired) electrons. The first-order valence-electron chi connectivity index (χ1n) is 4.70. The van der Waals surface area contributed by atoms with Gasteiger partial charge in [0.1, 0.15) is 0 Å². The van der Waals surface area contributed by atoms with Crippen molar-refractivity contribution in [3.63, 3.8) is 0 Å². The first kappa shape index (κ1) is 10.9. The summed E-state index contributed by atoms with van der Waals surface area (Å²) in [7, 11) is 0. The van der Waals surface area contributed by atoms with Crippen molar-refractivity contribution in [3.05, 3.63) is 0 Å². The number of rotatable bonds is 2. The number of halogens is 2.